The molecule has 4 nitrogen and oxygen atoms in total. The summed E-state index contributed by atoms with van der Waals surface area (Å²) in [5.74, 6) is 0.799. The second-order valence-electron chi connectivity index (χ2n) is 6.03. The van der Waals surface area contributed by atoms with Crippen LogP contribution in [0.15, 0.2) is 24.3 Å². The van der Waals surface area contributed by atoms with Gasteiger partial charge in [0.15, 0.2) is 0 Å². The Labute approximate surface area is 126 Å². The Balaban J connectivity index is 1.71. The van der Waals surface area contributed by atoms with Crippen molar-refractivity contribution in [1.82, 2.24) is 0 Å². The Kier molecular flexibility index (Phi) is 4.48. The van der Waals surface area contributed by atoms with Gasteiger partial charge in [-0.15, -0.1) is 0 Å². The van der Waals surface area contributed by atoms with Crippen LogP contribution in [0.5, 0.6) is 5.75 Å². The molecular formula is C17H24O4. The summed E-state index contributed by atoms with van der Waals surface area (Å²) in [6.45, 7) is 4.14. The molecule has 4 heteroatoms. The minimum Gasteiger partial charge on any atom is -0.490 e. The van der Waals surface area contributed by atoms with Crippen molar-refractivity contribution in [3.05, 3.63) is 29.8 Å². The van der Waals surface area contributed by atoms with Gasteiger partial charge in [0.2, 0.25) is 0 Å². The zero-order valence-corrected chi connectivity index (χ0v) is 12.6. The molecule has 0 amide bonds. The number of benzene rings is 1. The molecule has 1 aromatic rings. The molecule has 116 valence electrons. The standard InChI is InChI=1S/C17H24O4/c1-2-15(18)14-5-3-4-6-16(14)21-13-7-9-20-17(11-13)8-10-19-12-17/h3-6,13,15,18H,2,7-12H2,1H3/t13?,15-,17?/m0/s1. The summed E-state index contributed by atoms with van der Waals surface area (Å²) in [6, 6.07) is 7.78. The Morgan fingerprint density at radius 2 is 2.24 bits per heavy atom. The third kappa shape index (κ3) is 3.23. The highest BCUT2D eigenvalue weighted by atomic mass is 16.6. The summed E-state index contributed by atoms with van der Waals surface area (Å²) < 4.78 is 17.6. The van der Waals surface area contributed by atoms with Crippen LogP contribution in [0.25, 0.3) is 0 Å². The zero-order valence-electron chi connectivity index (χ0n) is 12.6. The molecule has 2 saturated heterocycles. The summed E-state index contributed by atoms with van der Waals surface area (Å²) in [6.07, 6.45) is 3.05. The molecule has 0 aliphatic carbocycles. The molecule has 2 aliphatic heterocycles. The lowest BCUT2D eigenvalue weighted by Crippen LogP contribution is -2.44. The molecule has 0 bridgehead atoms. The van der Waals surface area contributed by atoms with E-state index < -0.39 is 6.10 Å². The molecule has 3 atom stereocenters. The summed E-state index contributed by atoms with van der Waals surface area (Å²) in [4.78, 5) is 0. The van der Waals surface area contributed by atoms with Crippen molar-refractivity contribution < 1.29 is 19.3 Å². The van der Waals surface area contributed by atoms with Gasteiger partial charge in [-0.25, -0.2) is 0 Å². The molecule has 2 fully saturated rings. The number of hydrogen-bond acceptors (Lipinski definition) is 4. The predicted molar refractivity (Wildman–Crippen MR) is 79.5 cm³/mol. The highest BCUT2D eigenvalue weighted by Crippen LogP contribution is 2.36. The lowest BCUT2D eigenvalue weighted by molar-refractivity contribution is -0.112. The maximum Gasteiger partial charge on any atom is 0.125 e. The molecule has 21 heavy (non-hydrogen) atoms. The van der Waals surface area contributed by atoms with E-state index in [-0.39, 0.29) is 11.7 Å². The van der Waals surface area contributed by atoms with Gasteiger partial charge in [0, 0.05) is 31.4 Å². The predicted octanol–water partition coefficient (Wildman–Crippen LogP) is 2.85. The van der Waals surface area contributed by atoms with Crippen LogP contribution in [0.4, 0.5) is 0 Å². The average molecular weight is 292 g/mol. The van der Waals surface area contributed by atoms with Crippen molar-refractivity contribution in [1.29, 1.82) is 0 Å². The summed E-state index contributed by atoms with van der Waals surface area (Å²) >= 11 is 0. The fraction of sp³-hybridized carbons (Fsp3) is 0.647. The second kappa shape index (κ2) is 6.34. The van der Waals surface area contributed by atoms with Gasteiger partial charge in [-0.3, -0.25) is 0 Å². The monoisotopic (exact) mass is 292 g/mol. The van der Waals surface area contributed by atoms with Crippen LogP contribution in [0.1, 0.15) is 44.3 Å². The molecule has 1 spiro atoms. The van der Waals surface area contributed by atoms with Crippen molar-refractivity contribution in [3.8, 4) is 5.75 Å². The molecule has 0 saturated carbocycles. The van der Waals surface area contributed by atoms with E-state index in [1.165, 1.54) is 0 Å². The van der Waals surface area contributed by atoms with Crippen molar-refractivity contribution in [2.75, 3.05) is 19.8 Å². The first kappa shape index (κ1) is 14.8. The number of aliphatic hydroxyl groups excluding tert-OH is 1. The van der Waals surface area contributed by atoms with Crippen LogP contribution >= 0.6 is 0 Å². The third-order valence-electron chi connectivity index (χ3n) is 4.47. The largest absolute Gasteiger partial charge is 0.490 e. The molecular weight excluding hydrogens is 268 g/mol. The smallest absolute Gasteiger partial charge is 0.125 e. The van der Waals surface area contributed by atoms with Crippen LogP contribution in [0, 0.1) is 0 Å². The first-order valence-corrected chi connectivity index (χ1v) is 7.88. The normalized spacial score (nSPS) is 30.5. The quantitative estimate of drug-likeness (QED) is 0.927. The molecule has 1 aromatic carbocycles. The fourth-order valence-corrected chi connectivity index (χ4v) is 3.21. The molecule has 2 unspecified atom stereocenters. The minimum absolute atomic E-state index is 0.130. The SMILES string of the molecule is CC[C@H](O)c1ccccc1OC1CCOC2(CCOC2)C1. The second-order valence-corrected chi connectivity index (χ2v) is 6.03. The van der Waals surface area contributed by atoms with Gasteiger partial charge in [-0.1, -0.05) is 25.1 Å². The Morgan fingerprint density at radius 3 is 3.00 bits per heavy atom. The highest BCUT2D eigenvalue weighted by Gasteiger charge is 2.42. The lowest BCUT2D eigenvalue weighted by atomic mass is 9.91. The third-order valence-corrected chi connectivity index (χ3v) is 4.47. The van der Waals surface area contributed by atoms with Crippen LogP contribution < -0.4 is 4.74 Å². The fourth-order valence-electron chi connectivity index (χ4n) is 3.21. The van der Waals surface area contributed by atoms with Crippen molar-refractivity contribution >= 4 is 0 Å². The number of para-hydroxylation sites is 1. The van der Waals surface area contributed by atoms with Crippen LogP contribution in [0.2, 0.25) is 0 Å². The van der Waals surface area contributed by atoms with Gasteiger partial charge in [0.25, 0.3) is 0 Å². The maximum atomic E-state index is 10.1. The van der Waals surface area contributed by atoms with Crippen molar-refractivity contribution in [2.45, 2.75) is 50.4 Å². The van der Waals surface area contributed by atoms with E-state index in [9.17, 15) is 5.11 Å². The molecule has 1 N–H and O–H groups in total. The molecule has 0 radical (unpaired) electrons. The Morgan fingerprint density at radius 1 is 1.38 bits per heavy atom. The summed E-state index contributed by atoms with van der Waals surface area (Å²) in [5.41, 5.74) is 0.726. The van der Waals surface area contributed by atoms with Gasteiger partial charge >= 0.3 is 0 Å². The molecule has 2 heterocycles. The van der Waals surface area contributed by atoms with Crippen LogP contribution in [0.3, 0.4) is 0 Å². The summed E-state index contributed by atoms with van der Waals surface area (Å²) in [7, 11) is 0. The number of hydrogen-bond donors (Lipinski definition) is 1. The van der Waals surface area contributed by atoms with Crippen molar-refractivity contribution in [2.24, 2.45) is 0 Å². The highest BCUT2D eigenvalue weighted by molar-refractivity contribution is 5.35. The van der Waals surface area contributed by atoms with Gasteiger partial charge in [-0.2, -0.15) is 0 Å². The zero-order chi connectivity index (χ0) is 14.7. The van der Waals surface area contributed by atoms with E-state index in [0.29, 0.717) is 19.6 Å². The average Bonchev–Trinajstić information content (AvgIpc) is 2.95. The maximum absolute atomic E-state index is 10.1. The topological polar surface area (TPSA) is 47.9 Å². The van der Waals surface area contributed by atoms with E-state index in [1.54, 1.807) is 0 Å². The van der Waals surface area contributed by atoms with E-state index >= 15 is 0 Å². The van der Waals surface area contributed by atoms with E-state index in [4.69, 9.17) is 14.2 Å². The molecule has 0 aromatic heterocycles. The van der Waals surface area contributed by atoms with E-state index in [1.807, 2.05) is 31.2 Å². The van der Waals surface area contributed by atoms with E-state index in [2.05, 4.69) is 0 Å². The Bertz CT molecular complexity index is 468. The molecule has 2 aliphatic rings. The first-order chi connectivity index (χ1) is 10.2. The van der Waals surface area contributed by atoms with Crippen molar-refractivity contribution in [3.63, 3.8) is 0 Å². The lowest BCUT2D eigenvalue weighted by Gasteiger charge is -2.37. The van der Waals surface area contributed by atoms with Gasteiger partial charge in [0.05, 0.1) is 24.9 Å². The van der Waals surface area contributed by atoms with Gasteiger partial charge in [-0.05, 0) is 12.5 Å². The summed E-state index contributed by atoms with van der Waals surface area (Å²) in [5, 5.41) is 10.1. The minimum atomic E-state index is -0.468. The van der Waals surface area contributed by atoms with E-state index in [0.717, 1.165) is 37.2 Å². The van der Waals surface area contributed by atoms with Crippen LogP contribution in [-0.2, 0) is 9.47 Å². The number of aliphatic hydroxyl groups is 1. The first-order valence-electron chi connectivity index (χ1n) is 7.88. The Hall–Kier alpha value is -1.10. The van der Waals surface area contributed by atoms with Gasteiger partial charge < -0.3 is 19.3 Å². The number of ether oxygens (including phenoxy) is 3. The number of rotatable bonds is 4. The van der Waals surface area contributed by atoms with Crippen LogP contribution in [-0.4, -0.2) is 36.6 Å². The molecule has 3 rings (SSSR count). The van der Waals surface area contributed by atoms with Gasteiger partial charge in [0.1, 0.15) is 11.9 Å².